The third-order valence-corrected chi connectivity index (χ3v) is 4.28. The Labute approximate surface area is 148 Å². The molecule has 0 radical (unpaired) electrons. The number of aryl methyl sites for hydroxylation is 1. The highest BCUT2D eigenvalue weighted by molar-refractivity contribution is 7.10. The van der Waals surface area contributed by atoms with Gasteiger partial charge in [-0.3, -0.25) is 10.1 Å². The summed E-state index contributed by atoms with van der Waals surface area (Å²) in [4.78, 5) is 36.4. The number of urea groups is 1. The molecular weight excluding hydrogens is 344 g/mol. The zero-order valence-electron chi connectivity index (χ0n) is 14.0. The molecule has 0 aliphatic carbocycles. The first-order chi connectivity index (χ1) is 12.0. The van der Waals surface area contributed by atoms with Gasteiger partial charge in [0.05, 0.1) is 5.69 Å². The molecule has 2 aromatic rings. The minimum absolute atomic E-state index is 0.265. The van der Waals surface area contributed by atoms with Crippen molar-refractivity contribution in [1.82, 2.24) is 15.0 Å². The van der Waals surface area contributed by atoms with Gasteiger partial charge in [0.1, 0.15) is 10.6 Å². The summed E-state index contributed by atoms with van der Waals surface area (Å²) in [5, 5.41) is 7.82. The first kappa shape index (κ1) is 18.4. The number of amides is 3. The molecule has 132 valence electrons. The normalized spacial score (nSPS) is 11.3. The fourth-order valence-electron chi connectivity index (χ4n) is 2.09. The molecule has 9 heteroatoms. The predicted octanol–water partition coefficient (Wildman–Crippen LogP) is 1.85. The lowest BCUT2D eigenvalue weighted by atomic mass is 10.1. The van der Waals surface area contributed by atoms with E-state index in [0.29, 0.717) is 16.3 Å². The van der Waals surface area contributed by atoms with Gasteiger partial charge in [-0.15, -0.1) is 0 Å². The molecule has 0 unspecified atom stereocenters. The summed E-state index contributed by atoms with van der Waals surface area (Å²) in [5.74, 6) is -1.44. The summed E-state index contributed by atoms with van der Waals surface area (Å²) < 4.78 is 9.52. The third kappa shape index (κ3) is 4.32. The van der Waals surface area contributed by atoms with Gasteiger partial charge < -0.3 is 15.4 Å². The zero-order chi connectivity index (χ0) is 18.4. The van der Waals surface area contributed by atoms with E-state index >= 15 is 0 Å². The van der Waals surface area contributed by atoms with Crippen molar-refractivity contribution in [2.24, 2.45) is 0 Å². The molecule has 3 amide bonds. The van der Waals surface area contributed by atoms with Crippen molar-refractivity contribution in [1.29, 1.82) is 0 Å². The van der Waals surface area contributed by atoms with Crippen LogP contribution >= 0.6 is 11.5 Å². The van der Waals surface area contributed by atoms with E-state index in [9.17, 15) is 14.4 Å². The summed E-state index contributed by atoms with van der Waals surface area (Å²) in [6.07, 6.45) is -1.27. The molecule has 1 atom stereocenters. The second kappa shape index (κ2) is 8.25. The van der Waals surface area contributed by atoms with E-state index in [1.165, 1.54) is 7.05 Å². The predicted molar refractivity (Wildman–Crippen MR) is 93.6 cm³/mol. The lowest BCUT2D eigenvalue weighted by molar-refractivity contribution is -0.129. The van der Waals surface area contributed by atoms with Crippen LogP contribution in [0.1, 0.15) is 27.7 Å². The van der Waals surface area contributed by atoms with Gasteiger partial charge in [-0.05, 0) is 18.5 Å². The van der Waals surface area contributed by atoms with Crippen LogP contribution in [0.15, 0.2) is 30.3 Å². The fourth-order valence-corrected chi connectivity index (χ4v) is 2.82. The standard InChI is InChI=1S/C16H18N4O4S/c1-9-11(14(17-2)25-20-9)15(22)24-12(10-7-5-4-6-8-10)13(21)19-16(23)18-3/h4-8,12,17H,1-3H3,(H2,18,19,21,23)/t12-/m0/s1. The average molecular weight is 362 g/mol. The molecule has 25 heavy (non-hydrogen) atoms. The van der Waals surface area contributed by atoms with Gasteiger partial charge in [0, 0.05) is 19.7 Å². The Kier molecular flexibility index (Phi) is 6.07. The molecule has 1 heterocycles. The number of anilines is 1. The van der Waals surface area contributed by atoms with Crippen LogP contribution in [0, 0.1) is 6.92 Å². The number of aromatic nitrogens is 1. The van der Waals surface area contributed by atoms with Crippen LogP contribution in [0.2, 0.25) is 0 Å². The monoisotopic (exact) mass is 362 g/mol. The number of ether oxygens (including phenoxy) is 1. The lowest BCUT2D eigenvalue weighted by Crippen LogP contribution is -2.41. The SMILES string of the molecule is CNC(=O)NC(=O)[C@@H](OC(=O)c1c(C)nsc1NC)c1ccccc1. The van der Waals surface area contributed by atoms with Crippen molar-refractivity contribution in [2.45, 2.75) is 13.0 Å². The van der Waals surface area contributed by atoms with Crippen LogP contribution < -0.4 is 16.0 Å². The molecule has 0 aliphatic heterocycles. The van der Waals surface area contributed by atoms with Crippen LogP contribution in [0.5, 0.6) is 0 Å². The maximum Gasteiger partial charge on any atom is 0.344 e. The van der Waals surface area contributed by atoms with Crippen LogP contribution in [0.3, 0.4) is 0 Å². The molecule has 0 saturated carbocycles. The van der Waals surface area contributed by atoms with Gasteiger partial charge in [0.25, 0.3) is 5.91 Å². The molecular formula is C16H18N4O4S. The Hall–Kier alpha value is -2.94. The average Bonchev–Trinajstić information content (AvgIpc) is 3.00. The third-order valence-electron chi connectivity index (χ3n) is 3.32. The molecule has 3 N–H and O–H groups in total. The van der Waals surface area contributed by atoms with Crippen LogP contribution in [0.4, 0.5) is 9.80 Å². The van der Waals surface area contributed by atoms with Gasteiger partial charge in [-0.2, -0.15) is 4.37 Å². The van der Waals surface area contributed by atoms with E-state index in [0.717, 1.165) is 11.5 Å². The molecule has 1 aromatic heterocycles. The number of nitrogens with zero attached hydrogens (tertiary/aromatic N) is 1. The van der Waals surface area contributed by atoms with E-state index in [1.54, 1.807) is 44.3 Å². The molecule has 0 bridgehead atoms. The molecule has 2 rings (SSSR count). The van der Waals surface area contributed by atoms with Crippen LogP contribution in [-0.4, -0.2) is 36.4 Å². The first-order valence-electron chi connectivity index (χ1n) is 7.40. The number of benzene rings is 1. The van der Waals surface area contributed by atoms with Gasteiger partial charge in [-0.1, -0.05) is 30.3 Å². The molecule has 0 saturated heterocycles. The van der Waals surface area contributed by atoms with Crippen molar-refractivity contribution in [3.63, 3.8) is 0 Å². The second-order valence-electron chi connectivity index (χ2n) is 4.99. The minimum atomic E-state index is -1.27. The highest BCUT2D eigenvalue weighted by atomic mass is 32.1. The quantitative estimate of drug-likeness (QED) is 0.700. The van der Waals surface area contributed by atoms with Crippen molar-refractivity contribution >= 4 is 34.4 Å². The van der Waals surface area contributed by atoms with Gasteiger partial charge in [0.15, 0.2) is 0 Å². The van der Waals surface area contributed by atoms with Gasteiger partial charge in [0.2, 0.25) is 6.10 Å². The maximum atomic E-state index is 12.6. The number of nitrogens with one attached hydrogen (secondary N) is 3. The van der Waals surface area contributed by atoms with Crippen molar-refractivity contribution < 1.29 is 19.1 Å². The first-order valence-corrected chi connectivity index (χ1v) is 8.17. The highest BCUT2D eigenvalue weighted by Gasteiger charge is 2.29. The summed E-state index contributed by atoms with van der Waals surface area (Å²) in [5.41, 5.74) is 1.21. The van der Waals surface area contributed by atoms with Crippen molar-refractivity contribution in [2.75, 3.05) is 19.4 Å². The van der Waals surface area contributed by atoms with E-state index in [4.69, 9.17) is 4.74 Å². The topological polar surface area (TPSA) is 109 Å². The highest BCUT2D eigenvalue weighted by Crippen LogP contribution is 2.27. The fraction of sp³-hybridized carbons (Fsp3) is 0.250. The largest absolute Gasteiger partial charge is 0.444 e. The van der Waals surface area contributed by atoms with Gasteiger partial charge >= 0.3 is 12.0 Å². The van der Waals surface area contributed by atoms with E-state index in [-0.39, 0.29) is 5.56 Å². The number of esters is 1. The Morgan fingerprint density at radius 2 is 1.84 bits per heavy atom. The maximum absolute atomic E-state index is 12.6. The van der Waals surface area contributed by atoms with Crippen LogP contribution in [-0.2, 0) is 9.53 Å². The Morgan fingerprint density at radius 1 is 1.16 bits per heavy atom. The summed E-state index contributed by atoms with van der Waals surface area (Å²) in [7, 11) is 3.04. The minimum Gasteiger partial charge on any atom is -0.444 e. The number of imide groups is 1. The Bertz CT molecular complexity index is 776. The van der Waals surface area contributed by atoms with E-state index < -0.39 is 24.0 Å². The molecule has 0 aliphatic rings. The summed E-state index contributed by atoms with van der Waals surface area (Å²) in [6, 6.07) is 7.77. The number of hydrogen-bond donors (Lipinski definition) is 3. The van der Waals surface area contributed by atoms with E-state index in [1.807, 2.05) is 0 Å². The molecule has 8 nitrogen and oxygen atoms in total. The Balaban J connectivity index is 2.30. The number of hydrogen-bond acceptors (Lipinski definition) is 7. The van der Waals surface area contributed by atoms with Gasteiger partial charge in [-0.25, -0.2) is 9.59 Å². The number of rotatable bonds is 5. The second-order valence-corrected chi connectivity index (χ2v) is 5.76. The molecule has 0 spiro atoms. The molecule has 1 aromatic carbocycles. The molecule has 0 fully saturated rings. The van der Waals surface area contributed by atoms with Crippen LogP contribution in [0.25, 0.3) is 0 Å². The number of carbonyl (C=O) groups excluding carboxylic acids is 3. The Morgan fingerprint density at radius 3 is 2.44 bits per heavy atom. The number of carbonyl (C=O) groups is 3. The van der Waals surface area contributed by atoms with Crippen molar-refractivity contribution in [3.8, 4) is 0 Å². The summed E-state index contributed by atoms with van der Waals surface area (Å²) >= 11 is 1.12. The lowest BCUT2D eigenvalue weighted by Gasteiger charge is -2.17. The zero-order valence-corrected chi connectivity index (χ0v) is 14.8. The smallest absolute Gasteiger partial charge is 0.344 e. The van der Waals surface area contributed by atoms with Crippen molar-refractivity contribution in [3.05, 3.63) is 47.2 Å². The van der Waals surface area contributed by atoms with E-state index in [2.05, 4.69) is 20.3 Å². The summed E-state index contributed by atoms with van der Waals surface area (Å²) in [6.45, 7) is 1.68.